The van der Waals surface area contributed by atoms with Crippen molar-refractivity contribution < 1.29 is 4.79 Å². The summed E-state index contributed by atoms with van der Waals surface area (Å²) in [5.74, 6) is 1.58. The third kappa shape index (κ3) is 1.74. The van der Waals surface area contributed by atoms with Gasteiger partial charge in [-0.25, -0.2) is 9.78 Å². The number of amidine groups is 1. The van der Waals surface area contributed by atoms with Crippen LogP contribution >= 0.6 is 0 Å². The van der Waals surface area contributed by atoms with Gasteiger partial charge in [-0.3, -0.25) is 14.8 Å². The number of carbonyl (C=O) groups is 1. The number of urea groups is 1. The Bertz CT molecular complexity index is 533. The molecule has 0 bridgehead atoms. The molecule has 0 saturated heterocycles. The number of amides is 2. The van der Waals surface area contributed by atoms with Crippen LogP contribution in [0.15, 0.2) is 11.3 Å². The zero-order valence-corrected chi connectivity index (χ0v) is 11.5. The predicted octanol–water partition coefficient (Wildman–Crippen LogP) is 1.71. The van der Waals surface area contributed by atoms with E-state index in [9.17, 15) is 4.79 Å². The Morgan fingerprint density at radius 1 is 1.26 bits per heavy atom. The van der Waals surface area contributed by atoms with Crippen molar-refractivity contribution in [2.24, 2.45) is 4.99 Å². The fourth-order valence-electron chi connectivity index (χ4n) is 2.71. The molecule has 3 heterocycles. The molecule has 0 fully saturated rings. The smallest absolute Gasteiger partial charge is 0.326 e. The normalized spacial score (nSPS) is 17.6. The maximum absolute atomic E-state index is 12.4. The summed E-state index contributed by atoms with van der Waals surface area (Å²) in [5, 5.41) is 0. The first-order chi connectivity index (χ1) is 9.27. The lowest BCUT2D eigenvalue weighted by Gasteiger charge is -2.32. The number of nitrogens with zero attached hydrogens (tertiary/aromatic N) is 5. The number of fused-ring (bicyclic) bond motifs is 3. The van der Waals surface area contributed by atoms with E-state index < -0.39 is 0 Å². The minimum atomic E-state index is 0.0207. The molecule has 0 saturated carbocycles. The second-order valence-corrected chi connectivity index (χ2v) is 4.90. The fraction of sp³-hybridized carbons (Fsp3) is 0.615. The number of hydrogen-bond donors (Lipinski definition) is 0. The van der Waals surface area contributed by atoms with Gasteiger partial charge in [0.1, 0.15) is 5.69 Å². The average Bonchev–Trinajstić information content (AvgIpc) is 3.01. The van der Waals surface area contributed by atoms with Crippen LogP contribution in [0, 0.1) is 0 Å². The van der Waals surface area contributed by atoms with E-state index in [0.717, 1.165) is 36.7 Å². The third-order valence-electron chi connectivity index (χ3n) is 3.50. The molecular weight excluding hydrogens is 242 g/mol. The molecule has 0 atom stereocenters. The zero-order valence-electron chi connectivity index (χ0n) is 11.5. The number of anilines is 1. The van der Waals surface area contributed by atoms with E-state index in [4.69, 9.17) is 0 Å². The van der Waals surface area contributed by atoms with Gasteiger partial charge in [-0.2, -0.15) is 0 Å². The summed E-state index contributed by atoms with van der Waals surface area (Å²) in [5.41, 5.74) is 1.01. The van der Waals surface area contributed by atoms with Gasteiger partial charge in [0.25, 0.3) is 0 Å². The van der Waals surface area contributed by atoms with Crippen LogP contribution in [0.1, 0.15) is 32.4 Å². The third-order valence-corrected chi connectivity index (χ3v) is 3.50. The predicted molar refractivity (Wildman–Crippen MR) is 73.7 cm³/mol. The van der Waals surface area contributed by atoms with E-state index in [1.54, 1.807) is 9.80 Å². The molecule has 102 valence electrons. The summed E-state index contributed by atoms with van der Waals surface area (Å²) in [4.78, 5) is 25.0. The highest BCUT2D eigenvalue weighted by Gasteiger charge is 2.39. The molecule has 0 aromatic carbocycles. The summed E-state index contributed by atoms with van der Waals surface area (Å²) in [6.45, 7) is 7.20. The van der Waals surface area contributed by atoms with Gasteiger partial charge in [-0.05, 0) is 12.8 Å². The Hall–Kier alpha value is -1.85. The van der Waals surface area contributed by atoms with Crippen LogP contribution in [0.25, 0.3) is 0 Å². The zero-order chi connectivity index (χ0) is 13.4. The first kappa shape index (κ1) is 12.2. The molecule has 19 heavy (non-hydrogen) atoms. The SMILES string of the molecule is CCCN1C(=O)N2CCN=C2c2c1ncn2CCC. The largest absolute Gasteiger partial charge is 0.331 e. The summed E-state index contributed by atoms with van der Waals surface area (Å²) in [6.07, 6.45) is 3.79. The number of rotatable bonds is 4. The van der Waals surface area contributed by atoms with Gasteiger partial charge in [-0.1, -0.05) is 13.8 Å². The number of aryl methyl sites for hydroxylation is 1. The maximum Gasteiger partial charge on any atom is 0.331 e. The van der Waals surface area contributed by atoms with Crippen LogP contribution in [-0.2, 0) is 6.54 Å². The van der Waals surface area contributed by atoms with Crippen molar-refractivity contribution in [1.82, 2.24) is 14.5 Å². The summed E-state index contributed by atoms with van der Waals surface area (Å²) in [6, 6.07) is 0.0207. The highest BCUT2D eigenvalue weighted by molar-refractivity contribution is 6.18. The Balaban J connectivity index is 2.10. The van der Waals surface area contributed by atoms with Crippen molar-refractivity contribution >= 4 is 17.7 Å². The Morgan fingerprint density at radius 2 is 2.05 bits per heavy atom. The molecule has 0 spiro atoms. The van der Waals surface area contributed by atoms with Crippen LogP contribution in [-0.4, -0.2) is 46.0 Å². The highest BCUT2D eigenvalue weighted by atomic mass is 16.2. The van der Waals surface area contributed by atoms with Crippen LogP contribution in [0.2, 0.25) is 0 Å². The van der Waals surface area contributed by atoms with Gasteiger partial charge >= 0.3 is 6.03 Å². The minimum Gasteiger partial charge on any atom is -0.326 e. The number of hydrogen-bond acceptors (Lipinski definition) is 3. The van der Waals surface area contributed by atoms with E-state index in [1.807, 2.05) is 6.33 Å². The van der Waals surface area contributed by atoms with Crippen molar-refractivity contribution in [2.45, 2.75) is 33.2 Å². The number of imidazole rings is 1. The van der Waals surface area contributed by atoms with Crippen LogP contribution in [0.3, 0.4) is 0 Å². The molecule has 0 aliphatic carbocycles. The second-order valence-electron chi connectivity index (χ2n) is 4.90. The average molecular weight is 261 g/mol. The van der Waals surface area contributed by atoms with Gasteiger partial charge in [-0.15, -0.1) is 0 Å². The van der Waals surface area contributed by atoms with Crippen LogP contribution in [0.4, 0.5) is 10.6 Å². The maximum atomic E-state index is 12.4. The molecule has 6 nitrogen and oxygen atoms in total. The van der Waals surface area contributed by atoms with Gasteiger partial charge in [0.15, 0.2) is 11.7 Å². The number of carbonyl (C=O) groups excluding carboxylic acids is 1. The molecule has 0 unspecified atom stereocenters. The molecule has 6 heteroatoms. The van der Waals surface area contributed by atoms with Gasteiger partial charge in [0.2, 0.25) is 0 Å². The molecule has 0 radical (unpaired) electrons. The van der Waals surface area contributed by atoms with Gasteiger partial charge < -0.3 is 4.57 Å². The number of aliphatic imine (C=N–C) groups is 1. The van der Waals surface area contributed by atoms with Gasteiger partial charge in [0.05, 0.1) is 12.9 Å². The molecule has 2 aliphatic rings. The summed E-state index contributed by atoms with van der Waals surface area (Å²) < 4.78 is 2.11. The quantitative estimate of drug-likeness (QED) is 0.828. The molecule has 0 N–H and O–H groups in total. The van der Waals surface area contributed by atoms with Crippen molar-refractivity contribution in [2.75, 3.05) is 24.5 Å². The molecule has 2 amide bonds. The lowest BCUT2D eigenvalue weighted by Crippen LogP contribution is -2.50. The van der Waals surface area contributed by atoms with Crippen LogP contribution in [0.5, 0.6) is 0 Å². The van der Waals surface area contributed by atoms with Crippen molar-refractivity contribution in [1.29, 1.82) is 0 Å². The van der Waals surface area contributed by atoms with E-state index in [-0.39, 0.29) is 6.03 Å². The van der Waals surface area contributed by atoms with Gasteiger partial charge in [0, 0.05) is 19.6 Å². The van der Waals surface area contributed by atoms with Crippen molar-refractivity contribution in [3.05, 3.63) is 12.0 Å². The van der Waals surface area contributed by atoms with Crippen molar-refractivity contribution in [3.8, 4) is 0 Å². The van der Waals surface area contributed by atoms with E-state index >= 15 is 0 Å². The lowest BCUT2D eigenvalue weighted by molar-refractivity contribution is 0.228. The first-order valence-corrected chi connectivity index (χ1v) is 6.96. The monoisotopic (exact) mass is 261 g/mol. The molecular formula is C13H19N5O. The standard InChI is InChI=1S/C13H19N5O/c1-3-6-16-9-15-12-10(16)11-14-5-8-18(11)13(19)17(12)7-4-2/h9H,3-8H2,1-2H3. The second kappa shape index (κ2) is 4.68. The lowest BCUT2D eigenvalue weighted by atomic mass is 10.2. The molecule has 3 rings (SSSR count). The van der Waals surface area contributed by atoms with E-state index in [2.05, 4.69) is 28.4 Å². The van der Waals surface area contributed by atoms with Crippen LogP contribution < -0.4 is 4.90 Å². The van der Waals surface area contributed by atoms with Crippen molar-refractivity contribution in [3.63, 3.8) is 0 Å². The Morgan fingerprint density at radius 3 is 2.79 bits per heavy atom. The fourth-order valence-corrected chi connectivity index (χ4v) is 2.71. The Labute approximate surface area is 112 Å². The molecule has 1 aromatic heterocycles. The topological polar surface area (TPSA) is 53.7 Å². The first-order valence-electron chi connectivity index (χ1n) is 6.96. The van der Waals surface area contributed by atoms with E-state index in [1.165, 1.54) is 0 Å². The highest BCUT2D eigenvalue weighted by Crippen LogP contribution is 2.30. The molecule has 1 aromatic rings. The van der Waals surface area contributed by atoms with E-state index in [0.29, 0.717) is 19.6 Å². The molecule has 2 aliphatic heterocycles. The Kier molecular flexibility index (Phi) is 3.00. The summed E-state index contributed by atoms with van der Waals surface area (Å²) in [7, 11) is 0. The number of aromatic nitrogens is 2. The minimum absolute atomic E-state index is 0.0207. The summed E-state index contributed by atoms with van der Waals surface area (Å²) >= 11 is 0.